The molecule has 6 heteroatoms. The van der Waals surface area contributed by atoms with Crippen LogP contribution in [0, 0.1) is 6.92 Å². The molecule has 1 amide bonds. The number of Topliss-reactive ketones (excluding diaryl/α,β-unsaturated/α-hetero) is 1. The van der Waals surface area contributed by atoms with E-state index in [1.54, 1.807) is 42.7 Å². The van der Waals surface area contributed by atoms with E-state index in [0.717, 1.165) is 11.1 Å². The number of aromatic nitrogens is 1. The number of carbonyl (C=O) groups excluding carboxylic acids is 2. The van der Waals surface area contributed by atoms with Gasteiger partial charge < -0.3 is 9.84 Å². The molecule has 34 heavy (non-hydrogen) atoms. The fourth-order valence-corrected chi connectivity index (χ4v) is 4.25. The summed E-state index contributed by atoms with van der Waals surface area (Å²) in [5.74, 6) is -0.575. The third-order valence-corrected chi connectivity index (χ3v) is 6.05. The number of rotatable bonds is 6. The van der Waals surface area contributed by atoms with Gasteiger partial charge in [0.25, 0.3) is 11.7 Å². The smallest absolute Gasteiger partial charge is 0.300 e. The van der Waals surface area contributed by atoms with E-state index in [1.165, 1.54) is 4.90 Å². The molecule has 0 aliphatic carbocycles. The van der Waals surface area contributed by atoms with Crippen molar-refractivity contribution < 1.29 is 19.4 Å². The Hall–Kier alpha value is -3.93. The van der Waals surface area contributed by atoms with Gasteiger partial charge in [-0.25, -0.2) is 0 Å². The summed E-state index contributed by atoms with van der Waals surface area (Å²) in [7, 11) is 0. The third kappa shape index (κ3) is 4.19. The Balaban J connectivity index is 1.87. The van der Waals surface area contributed by atoms with Crippen LogP contribution < -0.4 is 9.64 Å². The monoisotopic (exact) mass is 456 g/mol. The Labute approximate surface area is 199 Å². The van der Waals surface area contributed by atoms with Crippen LogP contribution in [0.3, 0.4) is 0 Å². The SMILES string of the molecule is CCOc1ccc(/C(O)=C2/C(=O)C(=O)N(c3ccc(C(C)C)cc3)C2c2ccncc2)cc1C. The van der Waals surface area contributed by atoms with Crippen LogP contribution in [0.5, 0.6) is 5.75 Å². The van der Waals surface area contributed by atoms with Crippen LogP contribution in [0.4, 0.5) is 5.69 Å². The number of hydrogen-bond acceptors (Lipinski definition) is 5. The lowest BCUT2D eigenvalue weighted by Crippen LogP contribution is -2.29. The number of hydrogen-bond donors (Lipinski definition) is 1. The van der Waals surface area contributed by atoms with Crippen molar-refractivity contribution in [3.05, 3.63) is 94.8 Å². The number of nitrogens with zero attached hydrogens (tertiary/aromatic N) is 2. The molecule has 2 heterocycles. The molecule has 0 spiro atoms. The Morgan fingerprint density at radius 2 is 1.74 bits per heavy atom. The summed E-state index contributed by atoms with van der Waals surface area (Å²) < 4.78 is 5.59. The van der Waals surface area contributed by atoms with Crippen LogP contribution in [0.2, 0.25) is 0 Å². The molecule has 174 valence electrons. The second kappa shape index (κ2) is 9.51. The van der Waals surface area contributed by atoms with Gasteiger partial charge in [-0.2, -0.15) is 0 Å². The average molecular weight is 457 g/mol. The normalized spacial score (nSPS) is 17.4. The highest BCUT2D eigenvalue weighted by atomic mass is 16.5. The number of anilines is 1. The Kier molecular flexibility index (Phi) is 6.50. The van der Waals surface area contributed by atoms with Crippen molar-refractivity contribution in [2.45, 2.75) is 39.7 Å². The summed E-state index contributed by atoms with van der Waals surface area (Å²) in [6, 6.07) is 15.5. The lowest BCUT2D eigenvalue weighted by molar-refractivity contribution is -0.132. The van der Waals surface area contributed by atoms with Crippen molar-refractivity contribution in [3.63, 3.8) is 0 Å². The number of aliphatic hydroxyl groups is 1. The van der Waals surface area contributed by atoms with Gasteiger partial charge >= 0.3 is 0 Å². The van der Waals surface area contributed by atoms with Crippen molar-refractivity contribution in [1.29, 1.82) is 0 Å². The van der Waals surface area contributed by atoms with Gasteiger partial charge in [0, 0.05) is 23.6 Å². The molecule has 2 aromatic carbocycles. The molecule has 1 aliphatic rings. The fraction of sp³-hybridized carbons (Fsp3) is 0.250. The molecular weight excluding hydrogens is 428 g/mol. The van der Waals surface area contributed by atoms with Crippen LogP contribution in [-0.4, -0.2) is 28.4 Å². The molecule has 1 aromatic heterocycles. The number of aliphatic hydroxyl groups excluding tert-OH is 1. The molecule has 4 rings (SSSR count). The minimum Gasteiger partial charge on any atom is -0.507 e. The molecular formula is C28H28N2O4. The number of ketones is 1. The van der Waals surface area contributed by atoms with Crippen molar-refractivity contribution in [3.8, 4) is 5.75 Å². The molecule has 1 aliphatic heterocycles. The summed E-state index contributed by atoms with van der Waals surface area (Å²) in [6.45, 7) is 8.48. The molecule has 0 bridgehead atoms. The number of benzene rings is 2. The zero-order valence-corrected chi connectivity index (χ0v) is 19.8. The molecule has 1 atom stereocenters. The van der Waals surface area contributed by atoms with E-state index in [4.69, 9.17) is 4.74 Å². The van der Waals surface area contributed by atoms with E-state index in [0.29, 0.717) is 35.1 Å². The van der Waals surface area contributed by atoms with Gasteiger partial charge in [-0.15, -0.1) is 0 Å². The van der Waals surface area contributed by atoms with Crippen LogP contribution in [-0.2, 0) is 9.59 Å². The zero-order chi connectivity index (χ0) is 24.4. The van der Waals surface area contributed by atoms with Crippen molar-refractivity contribution >= 4 is 23.1 Å². The first-order valence-corrected chi connectivity index (χ1v) is 11.4. The van der Waals surface area contributed by atoms with Crippen LogP contribution in [0.15, 0.2) is 72.6 Å². The fourth-order valence-electron chi connectivity index (χ4n) is 4.25. The van der Waals surface area contributed by atoms with Crippen molar-refractivity contribution in [2.24, 2.45) is 0 Å². The van der Waals surface area contributed by atoms with Crippen LogP contribution >= 0.6 is 0 Å². The van der Waals surface area contributed by atoms with Gasteiger partial charge in [-0.1, -0.05) is 26.0 Å². The molecule has 1 N–H and O–H groups in total. The summed E-state index contributed by atoms with van der Waals surface area (Å²) in [5.41, 5.74) is 3.73. The molecule has 6 nitrogen and oxygen atoms in total. The third-order valence-electron chi connectivity index (χ3n) is 6.05. The molecule has 3 aromatic rings. The zero-order valence-electron chi connectivity index (χ0n) is 19.8. The van der Waals surface area contributed by atoms with E-state index in [9.17, 15) is 14.7 Å². The van der Waals surface area contributed by atoms with Crippen molar-refractivity contribution in [1.82, 2.24) is 4.98 Å². The topological polar surface area (TPSA) is 79.7 Å². The molecule has 1 fully saturated rings. The van der Waals surface area contributed by atoms with Crippen LogP contribution in [0.25, 0.3) is 5.76 Å². The minimum atomic E-state index is -0.778. The minimum absolute atomic E-state index is 0.0488. The highest BCUT2D eigenvalue weighted by Crippen LogP contribution is 2.42. The highest BCUT2D eigenvalue weighted by Gasteiger charge is 2.47. The Bertz CT molecular complexity index is 1250. The number of aryl methyl sites for hydroxylation is 1. The molecule has 0 saturated carbocycles. The van der Waals surface area contributed by atoms with Gasteiger partial charge in [0.15, 0.2) is 0 Å². The van der Waals surface area contributed by atoms with Gasteiger partial charge in [0.05, 0.1) is 18.2 Å². The lowest BCUT2D eigenvalue weighted by atomic mass is 9.95. The standard InChI is InChI=1S/C28H28N2O4/c1-5-34-23-11-8-21(16-18(23)4)26(31)24-25(20-12-14-29-15-13-20)30(28(33)27(24)32)22-9-6-19(7-10-22)17(2)3/h6-17,25,31H,5H2,1-4H3/b26-24-. The second-order valence-corrected chi connectivity index (χ2v) is 8.61. The number of carbonyl (C=O) groups is 2. The van der Waals surface area contributed by atoms with Gasteiger partial charge in [-0.3, -0.25) is 19.5 Å². The van der Waals surface area contributed by atoms with Gasteiger partial charge in [0.2, 0.25) is 0 Å². The Morgan fingerprint density at radius 3 is 2.32 bits per heavy atom. The predicted molar refractivity (Wildman–Crippen MR) is 132 cm³/mol. The predicted octanol–water partition coefficient (Wildman–Crippen LogP) is 5.54. The van der Waals surface area contributed by atoms with E-state index >= 15 is 0 Å². The molecule has 1 unspecified atom stereocenters. The first-order chi connectivity index (χ1) is 16.3. The van der Waals surface area contributed by atoms with Crippen LogP contribution in [0.1, 0.15) is 55.0 Å². The lowest BCUT2D eigenvalue weighted by Gasteiger charge is -2.25. The van der Waals surface area contributed by atoms with Gasteiger partial charge in [-0.05, 0) is 78.9 Å². The molecule has 0 radical (unpaired) electrons. The number of pyridine rings is 1. The quantitative estimate of drug-likeness (QED) is 0.299. The summed E-state index contributed by atoms with van der Waals surface area (Å²) in [6.07, 6.45) is 3.22. The number of amides is 1. The Morgan fingerprint density at radius 1 is 1.06 bits per heavy atom. The summed E-state index contributed by atoms with van der Waals surface area (Å²) in [4.78, 5) is 32.0. The van der Waals surface area contributed by atoms with E-state index in [-0.39, 0.29) is 11.3 Å². The van der Waals surface area contributed by atoms with E-state index in [1.807, 2.05) is 38.1 Å². The summed E-state index contributed by atoms with van der Waals surface area (Å²) in [5, 5.41) is 11.3. The average Bonchev–Trinajstić information content (AvgIpc) is 3.11. The van der Waals surface area contributed by atoms with E-state index < -0.39 is 17.7 Å². The maximum Gasteiger partial charge on any atom is 0.300 e. The first-order valence-electron chi connectivity index (χ1n) is 11.4. The highest BCUT2D eigenvalue weighted by molar-refractivity contribution is 6.51. The number of ether oxygens (including phenoxy) is 1. The molecule has 1 saturated heterocycles. The van der Waals surface area contributed by atoms with Crippen molar-refractivity contribution in [2.75, 3.05) is 11.5 Å². The van der Waals surface area contributed by atoms with E-state index in [2.05, 4.69) is 18.8 Å². The van der Waals surface area contributed by atoms with Gasteiger partial charge in [0.1, 0.15) is 11.5 Å². The summed E-state index contributed by atoms with van der Waals surface area (Å²) >= 11 is 0. The first kappa shape index (κ1) is 23.2. The maximum absolute atomic E-state index is 13.3. The second-order valence-electron chi connectivity index (χ2n) is 8.61. The maximum atomic E-state index is 13.3. The largest absolute Gasteiger partial charge is 0.507 e.